The Bertz CT molecular complexity index is 565. The van der Waals surface area contributed by atoms with Gasteiger partial charge in [-0.1, -0.05) is 20.8 Å². The number of fused-ring (bicyclic) bond motifs is 1. The van der Waals surface area contributed by atoms with Crippen LogP contribution in [-0.4, -0.2) is 41.8 Å². The lowest BCUT2D eigenvalue weighted by Gasteiger charge is -2.56. The number of nitrogens with one attached hydrogen (secondary N) is 3. The third-order valence-electron chi connectivity index (χ3n) is 7.52. The average Bonchev–Trinajstić information content (AvgIpc) is 3.41. The number of aliphatic hydroxyl groups excluding tert-OH is 1. The molecule has 6 heteroatoms. The summed E-state index contributed by atoms with van der Waals surface area (Å²) in [7, 11) is 0. The van der Waals surface area contributed by atoms with E-state index in [1.807, 2.05) is 13.8 Å². The van der Waals surface area contributed by atoms with Crippen molar-refractivity contribution in [2.75, 3.05) is 6.54 Å². The van der Waals surface area contributed by atoms with Crippen LogP contribution in [0.3, 0.4) is 0 Å². The Hall–Kier alpha value is -1.30. The summed E-state index contributed by atoms with van der Waals surface area (Å²) in [5.74, 6) is 0.197. The molecular weight excluding hydrogens is 342 g/mol. The lowest BCUT2D eigenvalue weighted by atomic mass is 9.52. The lowest BCUT2D eigenvalue weighted by Crippen LogP contribution is -2.59. The molecule has 1 unspecified atom stereocenters. The molecule has 7 atom stereocenters. The number of amides is 3. The normalized spacial score (nSPS) is 39.8. The molecule has 0 bridgehead atoms. The van der Waals surface area contributed by atoms with Gasteiger partial charge in [-0.25, -0.2) is 4.79 Å². The third-order valence-corrected chi connectivity index (χ3v) is 7.52. The van der Waals surface area contributed by atoms with Gasteiger partial charge in [0.05, 0.1) is 6.10 Å². The van der Waals surface area contributed by atoms with Crippen molar-refractivity contribution in [3.05, 3.63) is 0 Å². The Morgan fingerprint density at radius 3 is 2.44 bits per heavy atom. The molecule has 0 heterocycles. The second-order valence-corrected chi connectivity index (χ2v) is 9.45. The van der Waals surface area contributed by atoms with Gasteiger partial charge >= 0.3 is 6.03 Å². The van der Waals surface area contributed by atoms with E-state index in [0.29, 0.717) is 12.6 Å². The second kappa shape index (κ2) is 7.98. The minimum atomic E-state index is -0.502. The van der Waals surface area contributed by atoms with Gasteiger partial charge in [-0.3, -0.25) is 4.79 Å². The number of hydrogen-bond donors (Lipinski definition) is 4. The highest BCUT2D eigenvalue weighted by Crippen LogP contribution is 2.55. The molecule has 3 aliphatic rings. The summed E-state index contributed by atoms with van der Waals surface area (Å²) in [6, 6.07) is 0.292. The van der Waals surface area contributed by atoms with Crippen LogP contribution in [0, 0.1) is 29.1 Å². The lowest BCUT2D eigenvalue weighted by molar-refractivity contribution is -0.142. The molecule has 3 amide bonds. The molecule has 0 aromatic carbocycles. The van der Waals surface area contributed by atoms with Crippen LogP contribution >= 0.6 is 0 Å². The molecule has 27 heavy (non-hydrogen) atoms. The molecule has 154 valence electrons. The van der Waals surface area contributed by atoms with Crippen LogP contribution in [-0.2, 0) is 4.79 Å². The van der Waals surface area contributed by atoms with Crippen LogP contribution in [0.15, 0.2) is 0 Å². The molecule has 0 aromatic rings. The monoisotopic (exact) mass is 379 g/mol. The predicted octanol–water partition coefficient (Wildman–Crippen LogP) is 2.41. The fourth-order valence-corrected chi connectivity index (χ4v) is 5.63. The molecule has 0 radical (unpaired) electrons. The average molecular weight is 380 g/mol. The van der Waals surface area contributed by atoms with Gasteiger partial charge in [-0.05, 0) is 68.6 Å². The first-order chi connectivity index (χ1) is 12.8. The molecule has 4 N–H and O–H groups in total. The van der Waals surface area contributed by atoms with Crippen molar-refractivity contribution < 1.29 is 14.7 Å². The van der Waals surface area contributed by atoms with Crippen molar-refractivity contribution in [1.82, 2.24) is 16.0 Å². The summed E-state index contributed by atoms with van der Waals surface area (Å²) in [5.41, 5.74) is 0.0848. The van der Waals surface area contributed by atoms with Gasteiger partial charge in [-0.15, -0.1) is 0 Å². The minimum absolute atomic E-state index is 0.00695. The predicted molar refractivity (Wildman–Crippen MR) is 105 cm³/mol. The molecule has 0 aromatic heterocycles. The fourth-order valence-electron chi connectivity index (χ4n) is 5.63. The number of carbonyl (C=O) groups excluding carboxylic acids is 2. The first-order valence-corrected chi connectivity index (χ1v) is 10.8. The summed E-state index contributed by atoms with van der Waals surface area (Å²) in [5, 5.41) is 20.3. The Balaban J connectivity index is 1.70. The topological polar surface area (TPSA) is 90.5 Å². The van der Waals surface area contributed by atoms with Gasteiger partial charge in [0.1, 0.15) is 0 Å². The number of urea groups is 1. The van der Waals surface area contributed by atoms with Crippen LogP contribution in [0.1, 0.15) is 66.2 Å². The maximum Gasteiger partial charge on any atom is 0.315 e. The van der Waals surface area contributed by atoms with E-state index >= 15 is 0 Å². The van der Waals surface area contributed by atoms with Gasteiger partial charge in [0, 0.05) is 24.5 Å². The highest BCUT2D eigenvalue weighted by molar-refractivity contribution is 5.79. The van der Waals surface area contributed by atoms with Gasteiger partial charge in [0.2, 0.25) is 5.91 Å². The fraction of sp³-hybridized carbons (Fsp3) is 0.905. The quantitative estimate of drug-likeness (QED) is 0.591. The van der Waals surface area contributed by atoms with Gasteiger partial charge in [-0.2, -0.15) is 0 Å². The van der Waals surface area contributed by atoms with E-state index in [-0.39, 0.29) is 47.1 Å². The van der Waals surface area contributed by atoms with Crippen LogP contribution in [0.4, 0.5) is 4.79 Å². The maximum absolute atomic E-state index is 12.6. The van der Waals surface area contributed by atoms with Crippen molar-refractivity contribution in [3.63, 3.8) is 0 Å². The Kier molecular flexibility index (Phi) is 6.04. The number of hydrogen-bond acceptors (Lipinski definition) is 3. The van der Waals surface area contributed by atoms with Crippen molar-refractivity contribution in [2.45, 2.75) is 84.4 Å². The van der Waals surface area contributed by atoms with Crippen LogP contribution < -0.4 is 16.0 Å². The highest BCUT2D eigenvalue weighted by Gasteiger charge is 2.54. The van der Waals surface area contributed by atoms with E-state index in [1.165, 1.54) is 0 Å². The maximum atomic E-state index is 12.6. The zero-order valence-electron chi connectivity index (χ0n) is 17.3. The zero-order chi connectivity index (χ0) is 19.8. The van der Waals surface area contributed by atoms with E-state index in [0.717, 1.165) is 38.5 Å². The zero-order valence-corrected chi connectivity index (χ0v) is 17.3. The van der Waals surface area contributed by atoms with Crippen molar-refractivity contribution >= 4 is 11.9 Å². The molecule has 0 aliphatic heterocycles. The van der Waals surface area contributed by atoms with E-state index in [2.05, 4.69) is 29.8 Å². The van der Waals surface area contributed by atoms with E-state index < -0.39 is 6.10 Å². The molecule has 0 saturated heterocycles. The molecule has 3 fully saturated rings. The van der Waals surface area contributed by atoms with E-state index in [4.69, 9.17) is 0 Å². The molecule has 3 rings (SSSR count). The molecule has 3 saturated carbocycles. The van der Waals surface area contributed by atoms with Crippen LogP contribution in [0.2, 0.25) is 0 Å². The number of carbonyl (C=O) groups is 2. The van der Waals surface area contributed by atoms with Crippen LogP contribution in [0.25, 0.3) is 0 Å². The summed E-state index contributed by atoms with van der Waals surface area (Å²) in [6.45, 7) is 8.91. The van der Waals surface area contributed by atoms with Crippen molar-refractivity contribution in [1.29, 1.82) is 0 Å². The molecular formula is C21H37N3O3. The Morgan fingerprint density at radius 1 is 1.15 bits per heavy atom. The molecule has 0 spiro atoms. The summed E-state index contributed by atoms with van der Waals surface area (Å²) in [6.07, 6.45) is 5.55. The Morgan fingerprint density at radius 2 is 1.81 bits per heavy atom. The van der Waals surface area contributed by atoms with Crippen molar-refractivity contribution in [2.24, 2.45) is 29.1 Å². The van der Waals surface area contributed by atoms with Crippen LogP contribution in [0.5, 0.6) is 0 Å². The standard InChI is InChI=1S/C21H37N3O3/c1-5-22-20(27)24-16-9-11-21(4)10-8-15(18(25)17(21)13(16)3)12(2)19(26)23-14-6-7-14/h12-18,25H,5-11H2,1-4H3,(H,23,26)(H2,22,24,27)/t12-,13+,15?,16-,17+,18-,21-/m0/s1. The molecule has 6 nitrogen and oxygen atoms in total. The largest absolute Gasteiger partial charge is 0.392 e. The van der Waals surface area contributed by atoms with Gasteiger partial charge in [0.25, 0.3) is 0 Å². The first-order valence-electron chi connectivity index (χ1n) is 10.8. The highest BCUT2D eigenvalue weighted by atomic mass is 16.3. The SMILES string of the molecule is CCNC(=O)N[C@H]1CC[C@]2(C)CCC([C@H](C)C(=O)NC3CC3)[C@H](O)[C@H]2[C@@H]1C. The summed E-state index contributed by atoms with van der Waals surface area (Å²) < 4.78 is 0. The van der Waals surface area contributed by atoms with Gasteiger partial charge < -0.3 is 21.1 Å². The summed E-state index contributed by atoms with van der Waals surface area (Å²) >= 11 is 0. The van der Waals surface area contributed by atoms with Crippen molar-refractivity contribution in [3.8, 4) is 0 Å². The second-order valence-electron chi connectivity index (χ2n) is 9.45. The first kappa shape index (κ1) is 20.4. The number of aliphatic hydroxyl groups is 1. The number of rotatable bonds is 5. The third kappa shape index (κ3) is 4.25. The van der Waals surface area contributed by atoms with Gasteiger partial charge in [0.15, 0.2) is 0 Å². The van der Waals surface area contributed by atoms with E-state index in [9.17, 15) is 14.7 Å². The Labute approximate surface area is 163 Å². The summed E-state index contributed by atoms with van der Waals surface area (Å²) in [4.78, 5) is 24.6. The minimum Gasteiger partial charge on any atom is -0.392 e. The molecule has 3 aliphatic carbocycles. The van der Waals surface area contributed by atoms with E-state index in [1.54, 1.807) is 0 Å². The smallest absolute Gasteiger partial charge is 0.315 e.